The summed E-state index contributed by atoms with van der Waals surface area (Å²) >= 11 is 0. The zero-order valence-electron chi connectivity index (χ0n) is 14.5. The van der Waals surface area contributed by atoms with E-state index in [9.17, 15) is 9.59 Å². The predicted molar refractivity (Wildman–Crippen MR) is 93.1 cm³/mol. The van der Waals surface area contributed by atoms with Crippen LogP contribution in [0, 0.1) is 20.8 Å². The molecule has 0 saturated carbocycles. The van der Waals surface area contributed by atoms with Gasteiger partial charge in [-0.05, 0) is 45.0 Å². The molecule has 1 aromatic heterocycles. The van der Waals surface area contributed by atoms with Crippen molar-refractivity contribution in [2.75, 3.05) is 7.11 Å². The van der Waals surface area contributed by atoms with Crippen molar-refractivity contribution in [1.29, 1.82) is 0 Å². The van der Waals surface area contributed by atoms with Gasteiger partial charge < -0.3 is 9.15 Å². The van der Waals surface area contributed by atoms with Crippen molar-refractivity contribution < 1.29 is 13.9 Å². The summed E-state index contributed by atoms with van der Waals surface area (Å²) in [5.41, 5.74) is 3.66. The van der Waals surface area contributed by atoms with Crippen molar-refractivity contribution in [2.45, 2.75) is 20.8 Å². The van der Waals surface area contributed by atoms with Gasteiger partial charge in [-0.3, -0.25) is 4.79 Å². The molecule has 0 fully saturated rings. The maximum Gasteiger partial charge on any atom is 0.445 e. The summed E-state index contributed by atoms with van der Waals surface area (Å²) in [4.78, 5) is 24.9. The molecule has 0 amide bonds. The van der Waals surface area contributed by atoms with E-state index in [4.69, 9.17) is 9.15 Å². The Morgan fingerprint density at radius 3 is 2.44 bits per heavy atom. The summed E-state index contributed by atoms with van der Waals surface area (Å²) in [7, 11) is 1.52. The minimum absolute atomic E-state index is 0.116. The smallest absolute Gasteiger partial charge is 0.445 e. The van der Waals surface area contributed by atoms with Gasteiger partial charge in [-0.25, -0.2) is 4.79 Å². The van der Waals surface area contributed by atoms with Crippen molar-refractivity contribution in [3.8, 4) is 17.2 Å². The number of nitrogens with zero attached hydrogens (tertiary/aromatic N) is 2. The lowest BCUT2D eigenvalue weighted by Crippen LogP contribution is -2.25. The largest absolute Gasteiger partial charge is 0.496 e. The van der Waals surface area contributed by atoms with Gasteiger partial charge in [0, 0.05) is 16.7 Å². The first kappa shape index (κ1) is 16.7. The molecule has 0 N–H and O–H groups in total. The van der Waals surface area contributed by atoms with Gasteiger partial charge >= 0.3 is 5.76 Å². The molecule has 3 aromatic rings. The fourth-order valence-electron chi connectivity index (χ4n) is 2.80. The Morgan fingerprint density at radius 1 is 1.12 bits per heavy atom. The van der Waals surface area contributed by atoms with Crippen LogP contribution in [0.15, 0.2) is 45.6 Å². The molecule has 6 nitrogen and oxygen atoms in total. The van der Waals surface area contributed by atoms with Crippen molar-refractivity contribution in [1.82, 2.24) is 9.78 Å². The zero-order chi connectivity index (χ0) is 18.1. The quantitative estimate of drug-likeness (QED) is 0.733. The molecule has 0 spiro atoms. The third-order valence-electron chi connectivity index (χ3n) is 3.94. The fourth-order valence-corrected chi connectivity index (χ4v) is 2.80. The van der Waals surface area contributed by atoms with Gasteiger partial charge in [0.05, 0.1) is 7.11 Å². The fraction of sp³-hybridized carbons (Fsp3) is 0.211. The highest BCUT2D eigenvalue weighted by Gasteiger charge is 2.20. The van der Waals surface area contributed by atoms with Crippen LogP contribution in [0.5, 0.6) is 5.75 Å². The van der Waals surface area contributed by atoms with Crippen LogP contribution in [-0.2, 0) is 0 Å². The molecule has 0 unspecified atom stereocenters. The van der Waals surface area contributed by atoms with Crippen LogP contribution in [0.4, 0.5) is 0 Å². The molecule has 6 heteroatoms. The molecular weight excluding hydrogens is 320 g/mol. The zero-order valence-corrected chi connectivity index (χ0v) is 14.5. The van der Waals surface area contributed by atoms with E-state index >= 15 is 0 Å². The summed E-state index contributed by atoms with van der Waals surface area (Å²) in [6.07, 6.45) is 0. The Balaban J connectivity index is 2.06. The lowest BCUT2D eigenvalue weighted by Gasteiger charge is -2.08. The standard InChI is InChI=1S/C19H18N2O4/c1-11-8-12(2)10-14(9-11)17-20-21(19(23)25-17)18(22)15-6-5-7-16(24-4)13(15)3/h5-10H,1-4H3. The summed E-state index contributed by atoms with van der Waals surface area (Å²) in [6, 6.07) is 10.8. The molecule has 0 bridgehead atoms. The Morgan fingerprint density at radius 2 is 1.80 bits per heavy atom. The van der Waals surface area contributed by atoms with E-state index in [1.165, 1.54) is 7.11 Å². The Bertz CT molecular complexity index is 994. The second kappa shape index (κ2) is 6.39. The lowest BCUT2D eigenvalue weighted by atomic mass is 10.1. The summed E-state index contributed by atoms with van der Waals surface area (Å²) in [5, 5.41) is 4.08. The number of benzene rings is 2. The molecule has 0 aliphatic heterocycles. The van der Waals surface area contributed by atoms with Gasteiger partial charge in [-0.2, -0.15) is 0 Å². The third-order valence-corrected chi connectivity index (χ3v) is 3.94. The summed E-state index contributed by atoms with van der Waals surface area (Å²) in [6.45, 7) is 5.63. The minimum atomic E-state index is -0.818. The number of methoxy groups -OCH3 is 1. The van der Waals surface area contributed by atoms with Gasteiger partial charge in [0.15, 0.2) is 0 Å². The number of hydrogen-bond acceptors (Lipinski definition) is 5. The minimum Gasteiger partial charge on any atom is -0.496 e. The molecule has 2 aromatic carbocycles. The molecule has 25 heavy (non-hydrogen) atoms. The van der Waals surface area contributed by atoms with Gasteiger partial charge in [0.25, 0.3) is 5.91 Å². The molecule has 1 heterocycles. The second-order valence-electron chi connectivity index (χ2n) is 5.90. The molecule has 3 rings (SSSR count). The van der Waals surface area contributed by atoms with Crippen molar-refractivity contribution >= 4 is 5.91 Å². The predicted octanol–water partition coefficient (Wildman–Crippen LogP) is 3.13. The molecule has 0 radical (unpaired) electrons. The van der Waals surface area contributed by atoms with E-state index in [2.05, 4.69) is 5.10 Å². The van der Waals surface area contributed by atoms with Crippen LogP contribution in [0.3, 0.4) is 0 Å². The Hall–Kier alpha value is -3.15. The number of ether oxygens (including phenoxy) is 1. The number of hydrogen-bond donors (Lipinski definition) is 0. The Kier molecular flexibility index (Phi) is 4.27. The molecule has 0 aliphatic rings. The van der Waals surface area contributed by atoms with Gasteiger partial charge in [-0.1, -0.05) is 23.3 Å². The molecule has 0 atom stereocenters. The van der Waals surface area contributed by atoms with Gasteiger partial charge in [-0.15, -0.1) is 9.78 Å². The van der Waals surface area contributed by atoms with Crippen LogP contribution in [0.2, 0.25) is 0 Å². The van der Waals surface area contributed by atoms with Crippen molar-refractivity contribution in [2.24, 2.45) is 0 Å². The van der Waals surface area contributed by atoms with Crippen LogP contribution in [0.25, 0.3) is 11.5 Å². The number of carbonyl (C=O) groups is 1. The van der Waals surface area contributed by atoms with Gasteiger partial charge in [0.2, 0.25) is 5.89 Å². The van der Waals surface area contributed by atoms with Crippen molar-refractivity contribution in [3.05, 3.63) is 69.2 Å². The van der Waals surface area contributed by atoms with E-state index in [-0.39, 0.29) is 5.89 Å². The van der Waals surface area contributed by atoms with E-state index in [1.807, 2.05) is 32.0 Å². The molecule has 0 aliphatic carbocycles. The molecular formula is C19H18N2O4. The normalized spacial score (nSPS) is 10.7. The number of carbonyl (C=O) groups excluding carboxylic acids is 1. The topological polar surface area (TPSA) is 74.3 Å². The highest BCUT2D eigenvalue weighted by Crippen LogP contribution is 2.22. The maximum absolute atomic E-state index is 12.7. The number of rotatable bonds is 3. The van der Waals surface area contributed by atoms with E-state index in [0.29, 0.717) is 22.4 Å². The average Bonchev–Trinajstić information content (AvgIpc) is 2.95. The van der Waals surface area contributed by atoms with E-state index in [0.717, 1.165) is 15.8 Å². The Labute approximate surface area is 144 Å². The maximum atomic E-state index is 12.7. The first-order valence-corrected chi connectivity index (χ1v) is 7.78. The third kappa shape index (κ3) is 3.10. The van der Waals surface area contributed by atoms with E-state index < -0.39 is 11.7 Å². The molecule has 128 valence electrons. The van der Waals surface area contributed by atoms with Crippen molar-refractivity contribution in [3.63, 3.8) is 0 Å². The van der Waals surface area contributed by atoms with Crippen LogP contribution >= 0.6 is 0 Å². The van der Waals surface area contributed by atoms with Crippen LogP contribution in [0.1, 0.15) is 27.0 Å². The summed E-state index contributed by atoms with van der Waals surface area (Å²) < 4.78 is 11.2. The number of aryl methyl sites for hydroxylation is 2. The van der Waals surface area contributed by atoms with Crippen LogP contribution < -0.4 is 10.5 Å². The lowest BCUT2D eigenvalue weighted by molar-refractivity contribution is 0.0936. The average molecular weight is 338 g/mol. The molecule has 0 saturated heterocycles. The van der Waals surface area contributed by atoms with Gasteiger partial charge in [0.1, 0.15) is 5.75 Å². The monoisotopic (exact) mass is 338 g/mol. The number of aromatic nitrogens is 2. The second-order valence-corrected chi connectivity index (χ2v) is 5.90. The first-order valence-electron chi connectivity index (χ1n) is 7.78. The highest BCUT2D eigenvalue weighted by molar-refractivity contribution is 5.97. The highest BCUT2D eigenvalue weighted by atomic mass is 16.5. The summed E-state index contributed by atoms with van der Waals surface area (Å²) in [5.74, 6) is -0.690. The first-order chi connectivity index (χ1) is 11.9. The SMILES string of the molecule is COc1cccc(C(=O)n2nc(-c3cc(C)cc(C)c3)oc2=O)c1C. The van der Waals surface area contributed by atoms with E-state index in [1.54, 1.807) is 25.1 Å². The van der Waals surface area contributed by atoms with Crippen LogP contribution in [-0.4, -0.2) is 22.8 Å².